The fourth-order valence-electron chi connectivity index (χ4n) is 2.11. The molecule has 1 fully saturated rings. The average Bonchev–Trinajstić information content (AvgIpc) is 2.53. The first-order valence-electron chi connectivity index (χ1n) is 7.37. The number of carbonyl (C=O) groups is 3. The SMILES string of the molecule is C[C@H](NC[C@@]1(O)OC[C@@H](O)[C@@H](O)[C@@H]1O)C(=O)N[C@@H](CC(=O)O)C(=O)O. The fourth-order valence-corrected chi connectivity index (χ4v) is 2.11. The second-order valence-corrected chi connectivity index (χ2v) is 5.76. The Hall–Kier alpha value is -1.83. The van der Waals surface area contributed by atoms with E-state index in [-0.39, 0.29) is 0 Å². The molecule has 25 heavy (non-hydrogen) atoms. The Morgan fingerprint density at radius 1 is 1.24 bits per heavy atom. The number of aliphatic hydroxyl groups excluding tert-OH is 3. The Kier molecular flexibility index (Phi) is 7.22. The highest BCUT2D eigenvalue weighted by molar-refractivity contribution is 5.88. The van der Waals surface area contributed by atoms with Gasteiger partial charge in [-0.25, -0.2) is 4.79 Å². The van der Waals surface area contributed by atoms with Gasteiger partial charge in [0.2, 0.25) is 11.7 Å². The molecule has 1 rings (SSSR count). The minimum Gasteiger partial charge on any atom is -0.481 e. The monoisotopic (exact) mass is 366 g/mol. The summed E-state index contributed by atoms with van der Waals surface area (Å²) in [5.41, 5.74) is 0. The lowest BCUT2D eigenvalue weighted by atomic mass is 9.96. The van der Waals surface area contributed by atoms with Crippen LogP contribution in [0.2, 0.25) is 0 Å². The van der Waals surface area contributed by atoms with Crippen molar-refractivity contribution in [2.45, 2.75) is 49.5 Å². The number of ether oxygens (including phenoxy) is 1. The summed E-state index contributed by atoms with van der Waals surface area (Å²) in [7, 11) is 0. The van der Waals surface area contributed by atoms with Crippen molar-refractivity contribution in [3.05, 3.63) is 0 Å². The summed E-state index contributed by atoms with van der Waals surface area (Å²) < 4.78 is 4.89. The molecule has 0 spiro atoms. The van der Waals surface area contributed by atoms with Gasteiger partial charge in [-0.2, -0.15) is 0 Å². The van der Waals surface area contributed by atoms with E-state index >= 15 is 0 Å². The van der Waals surface area contributed by atoms with Crippen molar-refractivity contribution in [2.75, 3.05) is 13.2 Å². The maximum atomic E-state index is 11.9. The number of aliphatic carboxylic acids is 2. The van der Waals surface area contributed by atoms with Crippen LogP contribution in [0.5, 0.6) is 0 Å². The molecule has 0 aromatic rings. The summed E-state index contributed by atoms with van der Waals surface area (Å²) in [6.07, 6.45) is -5.71. The van der Waals surface area contributed by atoms with Crippen LogP contribution in [0.1, 0.15) is 13.3 Å². The molecule has 8 N–H and O–H groups in total. The van der Waals surface area contributed by atoms with Crippen molar-refractivity contribution in [1.82, 2.24) is 10.6 Å². The molecule has 1 amide bonds. The molecule has 144 valence electrons. The summed E-state index contributed by atoms with van der Waals surface area (Å²) in [6.45, 7) is 0.332. The number of amides is 1. The molecule has 0 aromatic heterocycles. The van der Waals surface area contributed by atoms with Crippen LogP contribution in [0.3, 0.4) is 0 Å². The molecule has 1 aliphatic heterocycles. The highest BCUT2D eigenvalue weighted by Gasteiger charge is 2.48. The number of nitrogens with one attached hydrogen (secondary N) is 2. The minimum atomic E-state index is -2.28. The highest BCUT2D eigenvalue weighted by atomic mass is 16.6. The molecule has 1 saturated heterocycles. The van der Waals surface area contributed by atoms with Crippen LogP contribution in [-0.2, 0) is 19.1 Å². The molecule has 0 unspecified atom stereocenters. The number of carboxylic acid groups (broad SMARTS) is 2. The number of rotatable bonds is 8. The number of carbonyl (C=O) groups excluding carboxylic acids is 1. The highest BCUT2D eigenvalue weighted by Crippen LogP contribution is 2.23. The van der Waals surface area contributed by atoms with Crippen molar-refractivity contribution in [2.24, 2.45) is 0 Å². The van der Waals surface area contributed by atoms with Crippen molar-refractivity contribution in [3.8, 4) is 0 Å². The van der Waals surface area contributed by atoms with Gasteiger partial charge >= 0.3 is 11.9 Å². The third-order valence-electron chi connectivity index (χ3n) is 3.73. The molecule has 0 radical (unpaired) electrons. The van der Waals surface area contributed by atoms with Crippen LogP contribution in [0, 0.1) is 0 Å². The Bertz CT molecular complexity index is 515. The van der Waals surface area contributed by atoms with E-state index in [2.05, 4.69) is 5.32 Å². The van der Waals surface area contributed by atoms with Gasteiger partial charge in [-0.1, -0.05) is 0 Å². The molecule has 12 heteroatoms. The molecule has 12 nitrogen and oxygen atoms in total. The van der Waals surface area contributed by atoms with E-state index in [9.17, 15) is 34.8 Å². The molecule has 6 atom stereocenters. The third kappa shape index (κ3) is 5.59. The maximum absolute atomic E-state index is 11.9. The number of aliphatic hydroxyl groups is 4. The molecule has 1 heterocycles. The summed E-state index contributed by atoms with van der Waals surface area (Å²) in [5.74, 6) is -6.07. The smallest absolute Gasteiger partial charge is 0.326 e. The second kappa shape index (κ2) is 8.51. The van der Waals surface area contributed by atoms with Gasteiger partial charge in [-0.3, -0.25) is 9.59 Å². The van der Waals surface area contributed by atoms with Crippen molar-refractivity contribution in [1.29, 1.82) is 0 Å². The van der Waals surface area contributed by atoms with Gasteiger partial charge in [0, 0.05) is 0 Å². The van der Waals surface area contributed by atoms with E-state index in [4.69, 9.17) is 14.9 Å². The first-order valence-corrected chi connectivity index (χ1v) is 7.37. The predicted octanol–water partition coefficient (Wildman–Crippen LogP) is -4.19. The number of hydrogen-bond donors (Lipinski definition) is 8. The van der Waals surface area contributed by atoms with E-state index < -0.39 is 73.6 Å². The van der Waals surface area contributed by atoms with Crippen LogP contribution in [0.4, 0.5) is 0 Å². The Morgan fingerprint density at radius 2 is 1.84 bits per heavy atom. The van der Waals surface area contributed by atoms with Crippen molar-refractivity contribution >= 4 is 17.8 Å². The maximum Gasteiger partial charge on any atom is 0.326 e. The fraction of sp³-hybridized carbons (Fsp3) is 0.769. The van der Waals surface area contributed by atoms with Gasteiger partial charge in [0.05, 0.1) is 25.6 Å². The van der Waals surface area contributed by atoms with Gasteiger partial charge < -0.3 is 46.0 Å². The van der Waals surface area contributed by atoms with Gasteiger partial charge in [0.1, 0.15) is 24.4 Å². The van der Waals surface area contributed by atoms with E-state index in [1.807, 2.05) is 5.32 Å². The van der Waals surface area contributed by atoms with Crippen LogP contribution >= 0.6 is 0 Å². The quantitative estimate of drug-likeness (QED) is 0.207. The van der Waals surface area contributed by atoms with Gasteiger partial charge in [0.25, 0.3) is 0 Å². The summed E-state index contributed by atoms with van der Waals surface area (Å²) in [6, 6.07) is -2.72. The van der Waals surface area contributed by atoms with Gasteiger partial charge in [-0.05, 0) is 6.92 Å². The van der Waals surface area contributed by atoms with Gasteiger partial charge in [0.15, 0.2) is 0 Å². The zero-order valence-electron chi connectivity index (χ0n) is 13.3. The molecule has 0 bridgehead atoms. The van der Waals surface area contributed by atoms with E-state index in [0.29, 0.717) is 0 Å². The normalized spacial score (nSPS) is 31.8. The molecule has 0 aliphatic carbocycles. The largest absolute Gasteiger partial charge is 0.481 e. The van der Waals surface area contributed by atoms with E-state index in [0.717, 1.165) is 0 Å². The Morgan fingerprint density at radius 3 is 2.36 bits per heavy atom. The van der Waals surface area contributed by atoms with Gasteiger partial charge in [-0.15, -0.1) is 0 Å². The molecular weight excluding hydrogens is 344 g/mol. The second-order valence-electron chi connectivity index (χ2n) is 5.76. The lowest BCUT2D eigenvalue weighted by molar-refractivity contribution is -0.318. The lowest BCUT2D eigenvalue weighted by Gasteiger charge is -2.42. The summed E-state index contributed by atoms with van der Waals surface area (Å²) in [5, 5.41) is 60.8. The molecule has 1 aliphatic rings. The standard InChI is InChI=1S/C13H22N2O10/c1-5(11(21)15-6(12(22)23)2-8(17)18)14-4-13(24)10(20)9(19)7(16)3-25-13/h5-7,9-10,14,16,19-20,24H,2-4H2,1H3,(H,15,21)(H,17,18)(H,22,23)/t5-,6-,7+,9+,10-,13+/m0/s1. The first kappa shape index (κ1) is 21.2. The predicted molar refractivity (Wildman–Crippen MR) is 78.2 cm³/mol. The molecular formula is C13H22N2O10. The lowest BCUT2D eigenvalue weighted by Crippen LogP contribution is -2.65. The summed E-state index contributed by atoms with van der Waals surface area (Å²) >= 11 is 0. The third-order valence-corrected chi connectivity index (χ3v) is 3.73. The van der Waals surface area contributed by atoms with Crippen molar-refractivity contribution in [3.63, 3.8) is 0 Å². The minimum absolute atomic E-state index is 0.448. The van der Waals surface area contributed by atoms with Crippen LogP contribution in [0.15, 0.2) is 0 Å². The van der Waals surface area contributed by atoms with Crippen LogP contribution in [-0.4, -0.2) is 97.8 Å². The Labute approximate surface area is 142 Å². The zero-order valence-corrected chi connectivity index (χ0v) is 13.3. The number of hydrogen-bond acceptors (Lipinski definition) is 9. The van der Waals surface area contributed by atoms with Crippen LogP contribution in [0.25, 0.3) is 0 Å². The molecule has 0 saturated carbocycles. The molecule has 0 aromatic carbocycles. The van der Waals surface area contributed by atoms with E-state index in [1.54, 1.807) is 0 Å². The topological polar surface area (TPSA) is 206 Å². The Balaban J connectivity index is 2.60. The summed E-state index contributed by atoms with van der Waals surface area (Å²) in [4.78, 5) is 33.4. The first-order chi connectivity index (χ1) is 11.5. The van der Waals surface area contributed by atoms with E-state index in [1.165, 1.54) is 6.92 Å². The average molecular weight is 366 g/mol. The van der Waals surface area contributed by atoms with Crippen LogP contribution < -0.4 is 10.6 Å². The number of carboxylic acids is 2. The zero-order chi connectivity index (χ0) is 19.4. The van der Waals surface area contributed by atoms with Crippen molar-refractivity contribution < 1.29 is 49.8 Å².